The Kier molecular flexibility index (Phi) is 8.53. The van der Waals surface area contributed by atoms with Crippen LogP contribution in [0.1, 0.15) is 60.8 Å². The molecule has 0 aliphatic carbocycles. The number of ether oxygens (including phenoxy) is 2. The zero-order valence-electron chi connectivity index (χ0n) is 16.9. The molecule has 0 aromatic carbocycles. The number of rotatable bonds is 6. The molecule has 0 spiro atoms. The second-order valence-corrected chi connectivity index (χ2v) is 9.85. The number of thioether (sulfide) groups is 1. The lowest BCUT2D eigenvalue weighted by Gasteiger charge is -2.28. The summed E-state index contributed by atoms with van der Waals surface area (Å²) in [5.74, 6) is 0.715. The molecule has 2 amide bonds. The minimum atomic E-state index is -0.570. The van der Waals surface area contributed by atoms with Crippen LogP contribution in [0.5, 0.6) is 0 Å². The van der Waals surface area contributed by atoms with Crippen LogP contribution in [0, 0.1) is 0 Å². The van der Waals surface area contributed by atoms with E-state index in [1.807, 2.05) is 41.5 Å². The van der Waals surface area contributed by atoms with E-state index in [-0.39, 0.29) is 17.3 Å². The summed E-state index contributed by atoms with van der Waals surface area (Å²) in [6, 6.07) is -0.412. The van der Waals surface area contributed by atoms with E-state index in [2.05, 4.69) is 10.6 Å². The molecule has 1 heterocycles. The number of alkyl carbamates (subject to hydrolysis) is 2. The molecule has 1 saturated heterocycles. The van der Waals surface area contributed by atoms with E-state index in [0.717, 1.165) is 19.3 Å². The van der Waals surface area contributed by atoms with Crippen molar-refractivity contribution in [2.75, 3.05) is 12.3 Å². The van der Waals surface area contributed by atoms with Gasteiger partial charge in [-0.15, -0.1) is 0 Å². The Hall–Kier alpha value is -1.15. The van der Waals surface area contributed by atoms with E-state index in [1.54, 1.807) is 11.8 Å². The summed E-state index contributed by atoms with van der Waals surface area (Å²) in [7, 11) is 0. The summed E-state index contributed by atoms with van der Waals surface area (Å²) in [4.78, 5) is 24.4. The second-order valence-electron chi connectivity index (χ2n) is 8.58. The fraction of sp³-hybridized carbons (Fsp3) is 0.889. The minimum absolute atomic E-state index is 0.203. The first kappa shape index (κ1) is 22.9. The molecule has 0 saturated carbocycles. The molecular weight excluding hydrogens is 354 g/mol. The van der Waals surface area contributed by atoms with E-state index in [9.17, 15) is 9.59 Å². The van der Waals surface area contributed by atoms with Crippen molar-refractivity contribution in [1.29, 1.82) is 0 Å². The van der Waals surface area contributed by atoms with Crippen molar-refractivity contribution in [3.8, 4) is 0 Å². The fourth-order valence-corrected chi connectivity index (χ4v) is 4.22. The highest BCUT2D eigenvalue weighted by molar-refractivity contribution is 8.00. The first-order chi connectivity index (χ1) is 11.9. The van der Waals surface area contributed by atoms with Gasteiger partial charge in [-0.1, -0.05) is 6.42 Å². The third-order valence-corrected chi connectivity index (χ3v) is 5.16. The first-order valence-corrected chi connectivity index (χ1v) is 10.3. The molecule has 152 valence electrons. The molecule has 1 fully saturated rings. The van der Waals surface area contributed by atoms with Crippen molar-refractivity contribution in [2.45, 2.75) is 89.3 Å². The maximum absolute atomic E-state index is 12.2. The lowest BCUT2D eigenvalue weighted by Crippen LogP contribution is -2.54. The maximum Gasteiger partial charge on any atom is 0.407 e. The van der Waals surface area contributed by atoms with Gasteiger partial charge in [0.05, 0.1) is 12.1 Å². The number of nitrogens with two attached hydrogens (primary N) is 1. The van der Waals surface area contributed by atoms with Crippen molar-refractivity contribution in [3.05, 3.63) is 0 Å². The number of carbonyl (C=O) groups excluding carboxylic acids is 2. The Morgan fingerprint density at radius 3 is 2.04 bits per heavy atom. The van der Waals surface area contributed by atoms with Gasteiger partial charge in [0.25, 0.3) is 0 Å². The molecule has 0 bridgehead atoms. The van der Waals surface area contributed by atoms with Crippen molar-refractivity contribution >= 4 is 23.9 Å². The Bertz CT molecular complexity index is 474. The third-order valence-electron chi connectivity index (χ3n) is 3.65. The largest absolute Gasteiger partial charge is 0.444 e. The summed E-state index contributed by atoms with van der Waals surface area (Å²) in [6.45, 7) is 11.6. The fourth-order valence-electron chi connectivity index (χ4n) is 2.67. The minimum Gasteiger partial charge on any atom is -0.444 e. The van der Waals surface area contributed by atoms with Crippen LogP contribution in [0.15, 0.2) is 0 Å². The molecule has 26 heavy (non-hydrogen) atoms. The van der Waals surface area contributed by atoms with Crippen molar-refractivity contribution in [1.82, 2.24) is 10.6 Å². The van der Waals surface area contributed by atoms with Gasteiger partial charge in [-0.25, -0.2) is 9.59 Å². The van der Waals surface area contributed by atoms with Crippen LogP contribution >= 0.6 is 11.8 Å². The zero-order chi connectivity index (χ0) is 20.0. The van der Waals surface area contributed by atoms with Crippen molar-refractivity contribution < 1.29 is 19.1 Å². The zero-order valence-corrected chi connectivity index (χ0v) is 17.7. The second kappa shape index (κ2) is 9.69. The van der Waals surface area contributed by atoms with Gasteiger partial charge in [-0.3, -0.25) is 0 Å². The normalized spacial score (nSPS) is 23.4. The van der Waals surface area contributed by atoms with Crippen LogP contribution in [0.3, 0.4) is 0 Å². The Balaban J connectivity index is 2.73. The average molecular weight is 390 g/mol. The predicted molar refractivity (Wildman–Crippen MR) is 105 cm³/mol. The lowest BCUT2D eigenvalue weighted by molar-refractivity contribution is 0.0439. The topological polar surface area (TPSA) is 103 Å². The van der Waals surface area contributed by atoms with Gasteiger partial charge in [0, 0.05) is 11.0 Å². The van der Waals surface area contributed by atoms with Crippen molar-refractivity contribution in [2.24, 2.45) is 5.73 Å². The van der Waals surface area contributed by atoms with Crippen LogP contribution in [0.4, 0.5) is 9.59 Å². The lowest BCUT2D eigenvalue weighted by atomic mass is 10.0. The van der Waals surface area contributed by atoms with Crippen LogP contribution in [0.25, 0.3) is 0 Å². The summed E-state index contributed by atoms with van der Waals surface area (Å²) in [5, 5.41) is 6.05. The molecule has 1 aliphatic heterocycles. The van der Waals surface area contributed by atoms with Gasteiger partial charge in [0.1, 0.15) is 11.2 Å². The number of nitrogens with one attached hydrogen (secondary N) is 2. The maximum atomic E-state index is 12.2. The Labute approximate surface area is 161 Å². The Morgan fingerprint density at radius 1 is 1.00 bits per heavy atom. The monoisotopic (exact) mass is 389 g/mol. The molecule has 8 heteroatoms. The van der Waals surface area contributed by atoms with E-state index in [1.165, 1.54) is 0 Å². The first-order valence-electron chi connectivity index (χ1n) is 9.22. The van der Waals surface area contributed by atoms with Crippen LogP contribution < -0.4 is 16.4 Å². The molecule has 0 aromatic heterocycles. The predicted octanol–water partition coefficient (Wildman–Crippen LogP) is 3.02. The molecular formula is C18H35N3O4S. The average Bonchev–Trinajstić information content (AvgIpc) is 2.77. The van der Waals surface area contributed by atoms with Crippen LogP contribution in [-0.4, -0.2) is 53.0 Å². The van der Waals surface area contributed by atoms with Gasteiger partial charge >= 0.3 is 12.2 Å². The molecule has 1 aliphatic rings. The molecule has 3 atom stereocenters. The number of hydrogen-bond acceptors (Lipinski definition) is 6. The van der Waals surface area contributed by atoms with Crippen LogP contribution in [0.2, 0.25) is 0 Å². The van der Waals surface area contributed by atoms with Gasteiger partial charge in [-0.2, -0.15) is 11.8 Å². The van der Waals surface area contributed by atoms with Crippen molar-refractivity contribution in [3.63, 3.8) is 0 Å². The molecule has 1 rings (SSSR count). The highest BCUT2D eigenvalue weighted by atomic mass is 32.2. The van der Waals surface area contributed by atoms with E-state index < -0.39 is 23.4 Å². The van der Waals surface area contributed by atoms with E-state index in [4.69, 9.17) is 15.2 Å². The van der Waals surface area contributed by atoms with Crippen LogP contribution in [-0.2, 0) is 9.47 Å². The number of amides is 2. The van der Waals surface area contributed by atoms with Gasteiger partial charge in [-0.05, 0) is 60.9 Å². The van der Waals surface area contributed by atoms with Gasteiger partial charge < -0.3 is 25.8 Å². The summed E-state index contributed by atoms with van der Waals surface area (Å²) >= 11 is 1.75. The van der Waals surface area contributed by atoms with E-state index in [0.29, 0.717) is 12.3 Å². The number of hydrogen-bond donors (Lipinski definition) is 3. The number of carbonyl (C=O) groups is 2. The summed E-state index contributed by atoms with van der Waals surface area (Å²) in [6.07, 6.45) is 1.92. The highest BCUT2D eigenvalue weighted by Gasteiger charge is 2.39. The molecule has 0 aromatic rings. The highest BCUT2D eigenvalue weighted by Crippen LogP contribution is 2.31. The summed E-state index contributed by atoms with van der Waals surface area (Å²) in [5.41, 5.74) is 4.44. The summed E-state index contributed by atoms with van der Waals surface area (Å²) < 4.78 is 10.7. The molecule has 0 unspecified atom stereocenters. The van der Waals surface area contributed by atoms with Gasteiger partial charge in [0.15, 0.2) is 0 Å². The SMILES string of the molecule is CC(C)(C)OC(=O)N[C@H]1[C@@H](NC(=O)OC(C)(C)C)CS[C@H]1CCCCN. The molecule has 4 N–H and O–H groups in total. The quantitative estimate of drug-likeness (QED) is 0.604. The molecule has 0 radical (unpaired) electrons. The number of unbranched alkanes of at least 4 members (excludes halogenated alkanes) is 1. The third kappa shape index (κ3) is 8.98. The van der Waals surface area contributed by atoms with Gasteiger partial charge in [0.2, 0.25) is 0 Å². The molecule has 7 nitrogen and oxygen atoms in total. The smallest absolute Gasteiger partial charge is 0.407 e. The van der Waals surface area contributed by atoms with E-state index >= 15 is 0 Å². The standard InChI is InChI=1S/C18H35N3O4S/c1-17(2,3)24-15(22)20-12-11-26-13(9-7-8-10-19)14(12)21-16(23)25-18(4,5)6/h12-14H,7-11,19H2,1-6H3,(H,20,22)(H,21,23)/t12-,13-,14-/m0/s1. The Morgan fingerprint density at radius 2 is 1.54 bits per heavy atom.